The van der Waals surface area contributed by atoms with E-state index in [1.807, 2.05) is 6.92 Å². The van der Waals surface area contributed by atoms with Gasteiger partial charge >= 0.3 is 5.97 Å². The van der Waals surface area contributed by atoms with E-state index < -0.39 is 12.0 Å². The van der Waals surface area contributed by atoms with Crippen molar-refractivity contribution in [1.29, 1.82) is 0 Å². The molecule has 2 rings (SSSR count). The highest BCUT2D eigenvalue weighted by Crippen LogP contribution is 2.32. The first-order valence-corrected chi connectivity index (χ1v) is 6.94. The highest BCUT2D eigenvalue weighted by molar-refractivity contribution is 5.97. The maximum Gasteiger partial charge on any atom is 0.328 e. The summed E-state index contributed by atoms with van der Waals surface area (Å²) in [4.78, 5) is 23.9. The standard InChI is InChI=1S/C15H19NO5/c1-3-4-5-11(15(18)19-2)16-14(17)10-6-7-12-13(8-10)21-9-20-12/h6-8,11H,3-5,9H2,1-2H3,(H,16,17). The summed E-state index contributed by atoms with van der Waals surface area (Å²) >= 11 is 0. The predicted molar refractivity (Wildman–Crippen MR) is 75.4 cm³/mol. The predicted octanol–water partition coefficient (Wildman–Crippen LogP) is 1.88. The number of amides is 1. The molecular formula is C15H19NO5. The van der Waals surface area contributed by atoms with E-state index in [1.165, 1.54) is 7.11 Å². The second kappa shape index (κ2) is 6.97. The molecule has 1 aromatic carbocycles. The number of ether oxygens (including phenoxy) is 3. The largest absolute Gasteiger partial charge is 0.467 e. The molecule has 1 aliphatic rings. The molecule has 0 spiro atoms. The Balaban J connectivity index is 2.05. The average molecular weight is 293 g/mol. The summed E-state index contributed by atoms with van der Waals surface area (Å²) in [5.74, 6) is 0.380. The van der Waals surface area contributed by atoms with Crippen LogP contribution in [0.4, 0.5) is 0 Å². The van der Waals surface area contributed by atoms with Crippen molar-refractivity contribution in [2.24, 2.45) is 0 Å². The number of hydrogen-bond donors (Lipinski definition) is 1. The minimum absolute atomic E-state index is 0.154. The zero-order chi connectivity index (χ0) is 15.2. The minimum Gasteiger partial charge on any atom is -0.467 e. The van der Waals surface area contributed by atoms with E-state index in [0.717, 1.165) is 12.8 Å². The topological polar surface area (TPSA) is 73.9 Å². The molecule has 1 heterocycles. The maximum atomic E-state index is 12.2. The van der Waals surface area contributed by atoms with Crippen molar-refractivity contribution in [2.75, 3.05) is 13.9 Å². The Labute approximate surface area is 123 Å². The van der Waals surface area contributed by atoms with Gasteiger partial charge in [0, 0.05) is 5.56 Å². The lowest BCUT2D eigenvalue weighted by Gasteiger charge is -2.16. The van der Waals surface area contributed by atoms with Gasteiger partial charge in [-0.15, -0.1) is 0 Å². The quantitative estimate of drug-likeness (QED) is 0.811. The molecule has 0 aromatic heterocycles. The van der Waals surface area contributed by atoms with E-state index >= 15 is 0 Å². The second-order valence-corrected chi connectivity index (χ2v) is 4.76. The van der Waals surface area contributed by atoms with Crippen molar-refractivity contribution >= 4 is 11.9 Å². The van der Waals surface area contributed by atoms with Gasteiger partial charge in [0.2, 0.25) is 6.79 Å². The summed E-state index contributed by atoms with van der Waals surface area (Å²) in [6, 6.07) is 4.28. The lowest BCUT2D eigenvalue weighted by molar-refractivity contribution is -0.143. The first-order valence-electron chi connectivity index (χ1n) is 6.94. The highest BCUT2D eigenvalue weighted by Gasteiger charge is 2.23. The number of hydrogen-bond acceptors (Lipinski definition) is 5. The van der Waals surface area contributed by atoms with Gasteiger partial charge in [-0.3, -0.25) is 4.79 Å². The molecule has 21 heavy (non-hydrogen) atoms. The third kappa shape index (κ3) is 3.65. The maximum absolute atomic E-state index is 12.2. The van der Waals surface area contributed by atoms with Crippen molar-refractivity contribution in [3.63, 3.8) is 0 Å². The number of rotatable bonds is 6. The molecule has 6 heteroatoms. The van der Waals surface area contributed by atoms with Crippen LogP contribution in [0.15, 0.2) is 18.2 Å². The summed E-state index contributed by atoms with van der Waals surface area (Å²) in [5.41, 5.74) is 0.421. The van der Waals surface area contributed by atoms with Crippen LogP contribution in [-0.4, -0.2) is 31.8 Å². The van der Waals surface area contributed by atoms with Crippen LogP contribution < -0.4 is 14.8 Å². The van der Waals surface area contributed by atoms with Crippen LogP contribution in [0.3, 0.4) is 0 Å². The molecular weight excluding hydrogens is 274 g/mol. The average Bonchev–Trinajstić information content (AvgIpc) is 2.97. The number of benzene rings is 1. The Morgan fingerprint density at radius 2 is 2.10 bits per heavy atom. The SMILES string of the molecule is CCCCC(NC(=O)c1ccc2c(c1)OCO2)C(=O)OC. The first kappa shape index (κ1) is 15.2. The van der Waals surface area contributed by atoms with E-state index in [1.54, 1.807) is 18.2 Å². The van der Waals surface area contributed by atoms with Gasteiger partial charge in [0.1, 0.15) is 6.04 Å². The number of methoxy groups -OCH3 is 1. The zero-order valence-electron chi connectivity index (χ0n) is 12.2. The Morgan fingerprint density at radius 3 is 2.81 bits per heavy atom. The summed E-state index contributed by atoms with van der Waals surface area (Å²) in [6.45, 7) is 2.18. The van der Waals surface area contributed by atoms with Crippen LogP contribution in [0.25, 0.3) is 0 Å². The van der Waals surface area contributed by atoms with E-state index in [9.17, 15) is 9.59 Å². The lowest BCUT2D eigenvalue weighted by atomic mass is 10.1. The summed E-state index contributed by atoms with van der Waals surface area (Å²) in [7, 11) is 1.31. The van der Waals surface area contributed by atoms with Crippen LogP contribution in [0.1, 0.15) is 36.5 Å². The van der Waals surface area contributed by atoms with Crippen molar-refractivity contribution in [1.82, 2.24) is 5.32 Å². The molecule has 1 N–H and O–H groups in total. The summed E-state index contributed by atoms with van der Waals surface area (Å²) < 4.78 is 15.2. The van der Waals surface area contributed by atoms with Gasteiger partial charge in [0.05, 0.1) is 7.11 Å². The molecule has 1 atom stereocenters. The lowest BCUT2D eigenvalue weighted by Crippen LogP contribution is -2.41. The van der Waals surface area contributed by atoms with Gasteiger partial charge in [-0.2, -0.15) is 0 Å². The van der Waals surface area contributed by atoms with Crippen molar-refractivity contribution in [3.8, 4) is 11.5 Å². The smallest absolute Gasteiger partial charge is 0.328 e. The second-order valence-electron chi connectivity index (χ2n) is 4.76. The summed E-state index contributed by atoms with van der Waals surface area (Å²) in [5, 5.41) is 2.70. The van der Waals surface area contributed by atoms with Crippen LogP contribution in [0.2, 0.25) is 0 Å². The molecule has 114 valence electrons. The fraction of sp³-hybridized carbons (Fsp3) is 0.467. The van der Waals surface area contributed by atoms with Crippen molar-refractivity contribution in [2.45, 2.75) is 32.2 Å². The Bertz CT molecular complexity index is 529. The van der Waals surface area contributed by atoms with Crippen LogP contribution in [-0.2, 0) is 9.53 Å². The van der Waals surface area contributed by atoms with Crippen molar-refractivity contribution in [3.05, 3.63) is 23.8 Å². The number of unbranched alkanes of at least 4 members (excludes halogenated alkanes) is 1. The number of esters is 1. The minimum atomic E-state index is -0.632. The molecule has 6 nitrogen and oxygen atoms in total. The Hall–Kier alpha value is -2.24. The molecule has 0 aliphatic carbocycles. The molecule has 0 saturated carbocycles. The van der Waals surface area contributed by atoms with E-state index in [4.69, 9.17) is 14.2 Å². The number of fused-ring (bicyclic) bond motifs is 1. The monoisotopic (exact) mass is 293 g/mol. The molecule has 0 fully saturated rings. The number of carbonyl (C=O) groups excluding carboxylic acids is 2. The van der Waals surface area contributed by atoms with Gasteiger partial charge in [-0.1, -0.05) is 19.8 Å². The fourth-order valence-electron chi connectivity index (χ4n) is 2.08. The van der Waals surface area contributed by atoms with Crippen LogP contribution in [0, 0.1) is 0 Å². The summed E-state index contributed by atoms with van der Waals surface area (Å²) in [6.07, 6.45) is 2.33. The van der Waals surface area contributed by atoms with Crippen LogP contribution in [0.5, 0.6) is 11.5 Å². The molecule has 1 aromatic rings. The first-order chi connectivity index (χ1) is 10.2. The zero-order valence-corrected chi connectivity index (χ0v) is 12.2. The Morgan fingerprint density at radius 1 is 1.33 bits per heavy atom. The van der Waals surface area contributed by atoms with Crippen molar-refractivity contribution < 1.29 is 23.8 Å². The number of nitrogens with one attached hydrogen (secondary N) is 1. The van der Waals surface area contributed by atoms with Gasteiger partial charge in [-0.05, 0) is 24.6 Å². The molecule has 1 aliphatic heterocycles. The Kier molecular flexibility index (Phi) is 5.03. The van der Waals surface area contributed by atoms with E-state index in [-0.39, 0.29) is 12.7 Å². The molecule has 1 unspecified atom stereocenters. The molecule has 1 amide bonds. The van der Waals surface area contributed by atoms with Crippen LogP contribution >= 0.6 is 0 Å². The van der Waals surface area contributed by atoms with Gasteiger partial charge in [0.15, 0.2) is 11.5 Å². The van der Waals surface area contributed by atoms with E-state index in [2.05, 4.69) is 5.32 Å². The highest BCUT2D eigenvalue weighted by atomic mass is 16.7. The fourth-order valence-corrected chi connectivity index (χ4v) is 2.08. The third-order valence-electron chi connectivity index (χ3n) is 3.27. The number of carbonyl (C=O) groups is 2. The van der Waals surface area contributed by atoms with Gasteiger partial charge < -0.3 is 19.5 Å². The van der Waals surface area contributed by atoms with Gasteiger partial charge in [0.25, 0.3) is 5.91 Å². The normalized spacial score (nSPS) is 13.6. The van der Waals surface area contributed by atoms with E-state index in [0.29, 0.717) is 23.5 Å². The molecule has 0 saturated heterocycles. The molecule has 0 bridgehead atoms. The van der Waals surface area contributed by atoms with Gasteiger partial charge in [-0.25, -0.2) is 4.79 Å². The molecule has 0 radical (unpaired) electrons. The third-order valence-corrected chi connectivity index (χ3v) is 3.27.